The van der Waals surface area contributed by atoms with Gasteiger partial charge in [-0.3, -0.25) is 0 Å². The van der Waals surface area contributed by atoms with E-state index in [0.29, 0.717) is 0 Å². The van der Waals surface area contributed by atoms with Crippen molar-refractivity contribution in [2.24, 2.45) is 0 Å². The highest BCUT2D eigenvalue weighted by atomic mass is 19.1. The molecule has 0 saturated heterocycles. The molecule has 0 saturated carbocycles. The summed E-state index contributed by atoms with van der Waals surface area (Å²) < 4.78 is 13.7. The van der Waals surface area contributed by atoms with Crippen molar-refractivity contribution >= 4 is 0 Å². The van der Waals surface area contributed by atoms with Crippen LogP contribution in [0.15, 0.2) is 18.2 Å². The summed E-state index contributed by atoms with van der Waals surface area (Å²) in [5.41, 5.74) is 1.67. The van der Waals surface area contributed by atoms with E-state index in [4.69, 9.17) is 6.42 Å². The third-order valence-corrected chi connectivity index (χ3v) is 2.69. The summed E-state index contributed by atoms with van der Waals surface area (Å²) in [6.45, 7) is 1.89. The fraction of sp³-hybridized carbons (Fsp3) is 0.429. The van der Waals surface area contributed by atoms with E-state index in [0.717, 1.165) is 30.4 Å². The summed E-state index contributed by atoms with van der Waals surface area (Å²) in [6, 6.07) is 5.40. The zero-order valence-corrected chi connectivity index (χ0v) is 9.89. The third-order valence-electron chi connectivity index (χ3n) is 2.69. The molecule has 1 atom stereocenters. The molecule has 2 heteroatoms. The molecular formula is C14H18FN. The van der Waals surface area contributed by atoms with Gasteiger partial charge in [-0.2, -0.15) is 0 Å². The smallest absolute Gasteiger partial charge is 0.128 e. The first-order valence-electron chi connectivity index (χ1n) is 5.55. The number of halogens is 1. The van der Waals surface area contributed by atoms with Crippen LogP contribution in [-0.2, 0) is 0 Å². The molecule has 0 amide bonds. The number of hydrogen-bond donors (Lipinski definition) is 1. The van der Waals surface area contributed by atoms with Gasteiger partial charge in [0.15, 0.2) is 0 Å². The van der Waals surface area contributed by atoms with Crippen molar-refractivity contribution in [2.75, 3.05) is 7.05 Å². The zero-order valence-electron chi connectivity index (χ0n) is 9.89. The van der Waals surface area contributed by atoms with E-state index in [-0.39, 0.29) is 11.9 Å². The van der Waals surface area contributed by atoms with Crippen LogP contribution in [0.3, 0.4) is 0 Å². The molecule has 1 N–H and O–H groups in total. The quantitative estimate of drug-likeness (QED) is 0.592. The van der Waals surface area contributed by atoms with Gasteiger partial charge in [-0.05, 0) is 38.4 Å². The lowest BCUT2D eigenvalue weighted by molar-refractivity contribution is 0.497. The molecule has 1 rings (SSSR count). The van der Waals surface area contributed by atoms with Gasteiger partial charge in [-0.25, -0.2) is 4.39 Å². The summed E-state index contributed by atoms with van der Waals surface area (Å²) in [4.78, 5) is 0. The minimum absolute atomic E-state index is 0.0500. The Morgan fingerprint density at radius 2 is 2.25 bits per heavy atom. The van der Waals surface area contributed by atoms with Gasteiger partial charge < -0.3 is 5.32 Å². The van der Waals surface area contributed by atoms with E-state index in [2.05, 4.69) is 11.2 Å². The number of rotatable bonds is 5. The number of terminal acetylenes is 1. The second-order valence-corrected chi connectivity index (χ2v) is 3.96. The number of unbranched alkanes of at least 4 members (excludes halogenated alkanes) is 1. The highest BCUT2D eigenvalue weighted by Crippen LogP contribution is 2.22. The molecule has 0 spiro atoms. The molecule has 0 fully saturated rings. The normalized spacial score (nSPS) is 12.1. The first kappa shape index (κ1) is 12.7. The molecule has 0 aliphatic rings. The Morgan fingerprint density at radius 3 is 2.81 bits per heavy atom. The predicted octanol–water partition coefficient (Wildman–Crippen LogP) is 3.20. The number of hydrogen-bond acceptors (Lipinski definition) is 1. The highest BCUT2D eigenvalue weighted by molar-refractivity contribution is 5.26. The molecule has 1 nitrogen and oxygen atoms in total. The molecule has 86 valence electrons. The fourth-order valence-electron chi connectivity index (χ4n) is 1.78. The summed E-state index contributed by atoms with van der Waals surface area (Å²) >= 11 is 0. The van der Waals surface area contributed by atoms with Crippen molar-refractivity contribution in [1.29, 1.82) is 0 Å². The maximum absolute atomic E-state index is 13.7. The molecule has 1 aromatic carbocycles. The van der Waals surface area contributed by atoms with Gasteiger partial charge >= 0.3 is 0 Å². The van der Waals surface area contributed by atoms with Crippen molar-refractivity contribution in [3.05, 3.63) is 35.1 Å². The van der Waals surface area contributed by atoms with Gasteiger partial charge in [0.1, 0.15) is 5.82 Å². The molecular weight excluding hydrogens is 201 g/mol. The van der Waals surface area contributed by atoms with Crippen molar-refractivity contribution < 1.29 is 4.39 Å². The topological polar surface area (TPSA) is 12.0 Å². The lowest BCUT2D eigenvalue weighted by Crippen LogP contribution is -2.17. The molecule has 0 heterocycles. The van der Waals surface area contributed by atoms with E-state index < -0.39 is 0 Å². The standard InChI is InChI=1S/C14H18FN/c1-4-5-6-7-14(16-3)12-9-8-11(2)10-13(12)15/h1,8-10,14,16H,5-7H2,2-3H3. The molecule has 0 aliphatic carbocycles. The van der Waals surface area contributed by atoms with Crippen LogP contribution in [-0.4, -0.2) is 7.05 Å². The van der Waals surface area contributed by atoms with Crippen molar-refractivity contribution in [3.63, 3.8) is 0 Å². The molecule has 1 aromatic rings. The Hall–Kier alpha value is -1.33. The monoisotopic (exact) mass is 219 g/mol. The lowest BCUT2D eigenvalue weighted by atomic mass is 9.99. The van der Waals surface area contributed by atoms with Crippen molar-refractivity contribution in [1.82, 2.24) is 5.32 Å². The average Bonchev–Trinajstić information content (AvgIpc) is 2.26. The second kappa shape index (κ2) is 6.30. The van der Waals surface area contributed by atoms with Gasteiger partial charge in [-0.1, -0.05) is 12.1 Å². The predicted molar refractivity (Wildman–Crippen MR) is 65.6 cm³/mol. The Bertz CT molecular complexity index is 379. The first-order valence-corrected chi connectivity index (χ1v) is 5.55. The summed E-state index contributed by atoms with van der Waals surface area (Å²) in [5, 5.41) is 3.13. The van der Waals surface area contributed by atoms with Crippen LogP contribution in [0.5, 0.6) is 0 Å². The SMILES string of the molecule is C#CCCCC(NC)c1ccc(C)cc1F. The van der Waals surface area contributed by atoms with Crippen molar-refractivity contribution in [2.45, 2.75) is 32.2 Å². The van der Waals surface area contributed by atoms with E-state index in [1.165, 1.54) is 0 Å². The molecule has 0 radical (unpaired) electrons. The van der Waals surface area contributed by atoms with Gasteiger partial charge in [0.05, 0.1) is 0 Å². The minimum Gasteiger partial charge on any atom is -0.313 e. The second-order valence-electron chi connectivity index (χ2n) is 3.96. The Morgan fingerprint density at radius 1 is 1.50 bits per heavy atom. The lowest BCUT2D eigenvalue weighted by Gasteiger charge is -2.17. The largest absolute Gasteiger partial charge is 0.313 e. The van der Waals surface area contributed by atoms with Gasteiger partial charge in [-0.15, -0.1) is 12.3 Å². The van der Waals surface area contributed by atoms with Gasteiger partial charge in [0, 0.05) is 18.0 Å². The summed E-state index contributed by atoms with van der Waals surface area (Å²) in [6.07, 6.45) is 7.72. The molecule has 0 bridgehead atoms. The molecule has 1 unspecified atom stereocenters. The maximum Gasteiger partial charge on any atom is 0.128 e. The van der Waals surface area contributed by atoms with Crippen LogP contribution < -0.4 is 5.32 Å². The molecule has 16 heavy (non-hydrogen) atoms. The Kier molecular flexibility index (Phi) is 5.01. The van der Waals surface area contributed by atoms with E-state index in [9.17, 15) is 4.39 Å². The van der Waals surface area contributed by atoms with Crippen LogP contribution >= 0.6 is 0 Å². The molecule has 0 aliphatic heterocycles. The van der Waals surface area contributed by atoms with Crippen molar-refractivity contribution in [3.8, 4) is 12.3 Å². The van der Waals surface area contributed by atoms with Crippen LogP contribution in [0.1, 0.15) is 36.4 Å². The van der Waals surface area contributed by atoms with Crippen LogP contribution in [0.25, 0.3) is 0 Å². The Labute approximate surface area is 97.1 Å². The number of benzene rings is 1. The number of aryl methyl sites for hydroxylation is 1. The average molecular weight is 219 g/mol. The van der Waals surface area contributed by atoms with Crippen LogP contribution in [0.2, 0.25) is 0 Å². The minimum atomic E-state index is -0.139. The zero-order chi connectivity index (χ0) is 12.0. The fourth-order valence-corrected chi connectivity index (χ4v) is 1.78. The van der Waals surface area contributed by atoms with Crippen LogP contribution in [0.4, 0.5) is 4.39 Å². The van der Waals surface area contributed by atoms with E-state index >= 15 is 0 Å². The highest BCUT2D eigenvalue weighted by Gasteiger charge is 2.13. The number of nitrogens with one attached hydrogen (secondary N) is 1. The Balaban J connectivity index is 2.75. The van der Waals surface area contributed by atoms with Gasteiger partial charge in [0.25, 0.3) is 0 Å². The first-order chi connectivity index (χ1) is 7.69. The van der Waals surface area contributed by atoms with Crippen LogP contribution in [0, 0.1) is 25.1 Å². The van der Waals surface area contributed by atoms with E-state index in [1.54, 1.807) is 6.07 Å². The maximum atomic E-state index is 13.7. The van der Waals surface area contributed by atoms with E-state index in [1.807, 2.05) is 26.1 Å². The molecule has 0 aromatic heterocycles. The van der Waals surface area contributed by atoms with Gasteiger partial charge in [0.2, 0.25) is 0 Å². The third kappa shape index (κ3) is 3.36. The summed E-state index contributed by atoms with van der Waals surface area (Å²) in [5.74, 6) is 2.46. The summed E-state index contributed by atoms with van der Waals surface area (Å²) in [7, 11) is 1.85.